The van der Waals surface area contributed by atoms with E-state index in [4.69, 9.17) is 14.2 Å². The van der Waals surface area contributed by atoms with E-state index in [-0.39, 0.29) is 22.7 Å². The van der Waals surface area contributed by atoms with E-state index in [0.717, 1.165) is 5.56 Å². The number of amides is 3. The van der Waals surface area contributed by atoms with Gasteiger partial charge in [0.1, 0.15) is 13.2 Å². The molecule has 1 aliphatic rings. The molecule has 4 rings (SSSR count). The average Bonchev–Trinajstić information content (AvgIpc) is 2.91. The molecule has 3 aromatic rings. The molecular formula is C25H23N3O8S. The second kappa shape index (κ2) is 11.4. The topological polar surface area (TPSA) is 149 Å². The summed E-state index contributed by atoms with van der Waals surface area (Å²) in [7, 11) is -3.93. The lowest BCUT2D eigenvalue weighted by Gasteiger charge is -2.19. The molecule has 0 spiro atoms. The Labute approximate surface area is 212 Å². The van der Waals surface area contributed by atoms with Gasteiger partial charge in [0.2, 0.25) is 0 Å². The summed E-state index contributed by atoms with van der Waals surface area (Å²) in [6.45, 7) is 0.270. The quantitative estimate of drug-likeness (QED) is 0.380. The third-order valence-corrected chi connectivity index (χ3v) is 6.46. The van der Waals surface area contributed by atoms with Gasteiger partial charge >= 0.3 is 12.0 Å². The van der Waals surface area contributed by atoms with Crippen LogP contribution in [0.5, 0.6) is 11.5 Å². The Bertz CT molecular complexity index is 1390. The third-order valence-electron chi connectivity index (χ3n) is 5.08. The van der Waals surface area contributed by atoms with Crippen molar-refractivity contribution in [1.29, 1.82) is 0 Å². The Morgan fingerprint density at radius 2 is 1.57 bits per heavy atom. The Balaban J connectivity index is 1.26. The maximum absolute atomic E-state index is 12.7. The van der Waals surface area contributed by atoms with Crippen LogP contribution < -0.4 is 24.8 Å². The third kappa shape index (κ3) is 6.98. The number of esters is 1. The Morgan fingerprint density at radius 1 is 0.865 bits per heavy atom. The van der Waals surface area contributed by atoms with Crippen molar-refractivity contribution in [3.63, 3.8) is 0 Å². The predicted octanol–water partition coefficient (Wildman–Crippen LogP) is 2.44. The van der Waals surface area contributed by atoms with Gasteiger partial charge in [-0.3, -0.25) is 14.8 Å². The van der Waals surface area contributed by atoms with Gasteiger partial charge in [-0.1, -0.05) is 30.3 Å². The van der Waals surface area contributed by atoms with Gasteiger partial charge in [-0.15, -0.1) is 0 Å². The molecule has 12 heteroatoms. The number of ether oxygens (including phenoxy) is 3. The van der Waals surface area contributed by atoms with Crippen molar-refractivity contribution in [2.75, 3.05) is 24.5 Å². The molecule has 0 atom stereocenters. The number of carbonyl (C=O) groups excluding carboxylic acids is 3. The van der Waals surface area contributed by atoms with Crippen molar-refractivity contribution in [1.82, 2.24) is 10.6 Å². The molecule has 11 nitrogen and oxygen atoms in total. The van der Waals surface area contributed by atoms with Crippen LogP contribution in [-0.2, 0) is 26.1 Å². The lowest BCUT2D eigenvalue weighted by atomic mass is 10.2. The molecule has 0 saturated carbocycles. The normalized spacial score (nSPS) is 12.2. The summed E-state index contributed by atoms with van der Waals surface area (Å²) in [5.74, 6) is -0.816. The fourth-order valence-corrected chi connectivity index (χ4v) is 4.35. The lowest BCUT2D eigenvalue weighted by molar-refractivity contribution is -0.123. The van der Waals surface area contributed by atoms with Crippen LogP contribution in [0, 0.1) is 0 Å². The summed E-state index contributed by atoms with van der Waals surface area (Å²) in [5.41, 5.74) is 1.15. The van der Waals surface area contributed by atoms with Crippen LogP contribution >= 0.6 is 0 Å². The summed E-state index contributed by atoms with van der Waals surface area (Å²) < 4.78 is 43.6. The molecule has 0 saturated heterocycles. The van der Waals surface area contributed by atoms with Crippen molar-refractivity contribution in [3.05, 3.63) is 83.9 Å². The first-order chi connectivity index (χ1) is 17.8. The van der Waals surface area contributed by atoms with E-state index in [1.165, 1.54) is 42.5 Å². The van der Waals surface area contributed by atoms with Gasteiger partial charge in [-0.25, -0.2) is 18.0 Å². The molecule has 3 amide bonds. The van der Waals surface area contributed by atoms with Crippen LogP contribution in [0.2, 0.25) is 0 Å². The maximum Gasteiger partial charge on any atom is 0.338 e. The largest absolute Gasteiger partial charge is 0.486 e. The van der Waals surface area contributed by atoms with E-state index in [1.807, 2.05) is 30.3 Å². The molecule has 0 unspecified atom stereocenters. The zero-order valence-electron chi connectivity index (χ0n) is 19.4. The molecule has 1 heterocycles. The van der Waals surface area contributed by atoms with E-state index in [9.17, 15) is 22.8 Å². The molecule has 192 valence electrons. The van der Waals surface area contributed by atoms with Crippen LogP contribution in [0.4, 0.5) is 10.5 Å². The van der Waals surface area contributed by atoms with E-state index in [1.54, 1.807) is 0 Å². The molecule has 0 radical (unpaired) electrons. The first kappa shape index (κ1) is 25.5. The van der Waals surface area contributed by atoms with Crippen LogP contribution in [0.25, 0.3) is 0 Å². The molecule has 3 aromatic carbocycles. The van der Waals surface area contributed by atoms with Gasteiger partial charge in [0.25, 0.3) is 15.9 Å². The van der Waals surface area contributed by atoms with Crippen molar-refractivity contribution in [2.45, 2.75) is 11.4 Å². The molecule has 0 aliphatic carbocycles. The summed E-state index contributed by atoms with van der Waals surface area (Å²) in [4.78, 5) is 35.9. The first-order valence-corrected chi connectivity index (χ1v) is 12.6. The monoisotopic (exact) mass is 525 g/mol. The van der Waals surface area contributed by atoms with E-state index in [2.05, 4.69) is 15.4 Å². The van der Waals surface area contributed by atoms with Crippen molar-refractivity contribution in [3.8, 4) is 11.5 Å². The molecular weight excluding hydrogens is 502 g/mol. The fourth-order valence-electron chi connectivity index (χ4n) is 3.28. The molecule has 3 N–H and O–H groups in total. The minimum atomic E-state index is -3.93. The highest BCUT2D eigenvalue weighted by molar-refractivity contribution is 7.92. The van der Waals surface area contributed by atoms with E-state index in [0.29, 0.717) is 24.7 Å². The van der Waals surface area contributed by atoms with Gasteiger partial charge in [0, 0.05) is 18.3 Å². The molecule has 37 heavy (non-hydrogen) atoms. The summed E-state index contributed by atoms with van der Waals surface area (Å²) >= 11 is 0. The van der Waals surface area contributed by atoms with Crippen LogP contribution in [0.3, 0.4) is 0 Å². The number of fused-ring (bicyclic) bond motifs is 1. The van der Waals surface area contributed by atoms with Crippen molar-refractivity contribution < 1.29 is 37.0 Å². The zero-order valence-corrected chi connectivity index (χ0v) is 20.2. The fraction of sp³-hybridized carbons (Fsp3) is 0.160. The highest BCUT2D eigenvalue weighted by Gasteiger charge is 2.20. The minimum absolute atomic E-state index is 0.0148. The Hall–Kier alpha value is -4.58. The Kier molecular flexibility index (Phi) is 7.89. The number of nitrogens with one attached hydrogen (secondary N) is 3. The second-order valence-corrected chi connectivity index (χ2v) is 9.46. The number of carbonyl (C=O) groups is 3. The summed E-state index contributed by atoms with van der Waals surface area (Å²) in [6, 6.07) is 18.1. The number of anilines is 1. The molecule has 0 fully saturated rings. The highest BCUT2D eigenvalue weighted by atomic mass is 32.2. The second-order valence-electron chi connectivity index (χ2n) is 7.78. The minimum Gasteiger partial charge on any atom is -0.486 e. The van der Waals surface area contributed by atoms with Gasteiger partial charge in [-0.2, -0.15) is 0 Å². The smallest absolute Gasteiger partial charge is 0.338 e. The van der Waals surface area contributed by atoms with Gasteiger partial charge < -0.3 is 19.5 Å². The average molecular weight is 526 g/mol. The van der Waals surface area contributed by atoms with E-state index >= 15 is 0 Å². The van der Waals surface area contributed by atoms with Crippen molar-refractivity contribution >= 4 is 33.6 Å². The van der Waals surface area contributed by atoms with Gasteiger partial charge in [-0.05, 0) is 42.0 Å². The molecule has 0 bridgehead atoms. The van der Waals surface area contributed by atoms with Crippen LogP contribution in [0.15, 0.2) is 77.7 Å². The standard InChI is InChI=1S/C25H23N3O8S/c29-23(27-25(31)26-15-17-4-2-1-3-5-17)16-36-24(30)18-6-8-19(9-7-18)28-37(32,33)20-10-11-21-22(14-20)35-13-12-34-21/h1-11,14,28H,12-13,15-16H2,(H2,26,27,29,31). The van der Waals surface area contributed by atoms with Gasteiger partial charge in [0.05, 0.1) is 10.5 Å². The van der Waals surface area contributed by atoms with Crippen molar-refractivity contribution in [2.24, 2.45) is 0 Å². The number of hydrogen-bond donors (Lipinski definition) is 3. The molecule has 1 aliphatic heterocycles. The predicted molar refractivity (Wildman–Crippen MR) is 132 cm³/mol. The van der Waals surface area contributed by atoms with E-state index < -0.39 is 34.5 Å². The summed E-state index contributed by atoms with van der Waals surface area (Å²) in [6.07, 6.45) is 0. The van der Waals surface area contributed by atoms with Crippen LogP contribution in [0.1, 0.15) is 15.9 Å². The highest BCUT2D eigenvalue weighted by Crippen LogP contribution is 2.32. The number of urea groups is 1. The molecule has 0 aromatic heterocycles. The SMILES string of the molecule is O=C(COC(=O)c1ccc(NS(=O)(=O)c2ccc3c(c2)OCCO3)cc1)NC(=O)NCc1ccccc1. The maximum atomic E-state index is 12.7. The number of sulfonamides is 1. The lowest BCUT2D eigenvalue weighted by Crippen LogP contribution is -2.41. The summed E-state index contributed by atoms with van der Waals surface area (Å²) in [5, 5.41) is 4.59. The first-order valence-electron chi connectivity index (χ1n) is 11.1. The number of imide groups is 1. The van der Waals surface area contributed by atoms with Gasteiger partial charge in [0.15, 0.2) is 18.1 Å². The zero-order chi connectivity index (χ0) is 26.3. The number of benzene rings is 3. The number of rotatable bonds is 8. The van der Waals surface area contributed by atoms with Crippen LogP contribution in [-0.4, -0.2) is 46.1 Å². The number of hydrogen-bond acceptors (Lipinski definition) is 8. The Morgan fingerprint density at radius 3 is 2.30 bits per heavy atom.